The Bertz CT molecular complexity index is 743. The SMILES string of the molecule is CC1(C)CCC(CC2(C)CCCC23Cc2ccc3o2)C12CC1CCC2C1. The summed E-state index contributed by atoms with van der Waals surface area (Å²) in [6, 6.07) is 4.55. The van der Waals surface area contributed by atoms with Crippen LogP contribution >= 0.6 is 0 Å². The highest BCUT2D eigenvalue weighted by atomic mass is 16.3. The molecule has 4 saturated carbocycles. The first-order chi connectivity index (χ1) is 12.4. The van der Waals surface area contributed by atoms with E-state index in [0.29, 0.717) is 21.7 Å². The summed E-state index contributed by atoms with van der Waals surface area (Å²) in [5.74, 6) is 5.65. The van der Waals surface area contributed by atoms with Gasteiger partial charge < -0.3 is 4.42 Å². The second-order valence-electron chi connectivity index (χ2n) is 11.9. The molecule has 6 rings (SSSR count). The third kappa shape index (κ3) is 1.71. The van der Waals surface area contributed by atoms with E-state index in [9.17, 15) is 0 Å². The van der Waals surface area contributed by atoms with Crippen LogP contribution in [0.15, 0.2) is 16.5 Å². The van der Waals surface area contributed by atoms with Gasteiger partial charge in [0.1, 0.15) is 11.5 Å². The number of hydrogen-bond donors (Lipinski definition) is 0. The summed E-state index contributed by atoms with van der Waals surface area (Å²) in [6.45, 7) is 7.92. The maximum Gasteiger partial charge on any atom is 0.111 e. The van der Waals surface area contributed by atoms with Gasteiger partial charge in [0, 0.05) is 11.8 Å². The summed E-state index contributed by atoms with van der Waals surface area (Å²) >= 11 is 0. The van der Waals surface area contributed by atoms with Crippen molar-refractivity contribution in [2.75, 3.05) is 0 Å². The Kier molecular flexibility index (Phi) is 3.01. The van der Waals surface area contributed by atoms with Crippen molar-refractivity contribution < 1.29 is 4.42 Å². The molecule has 1 aliphatic heterocycles. The predicted molar refractivity (Wildman–Crippen MR) is 105 cm³/mol. The third-order valence-electron chi connectivity index (χ3n) is 10.8. The smallest absolute Gasteiger partial charge is 0.111 e. The largest absolute Gasteiger partial charge is 0.465 e. The van der Waals surface area contributed by atoms with Crippen molar-refractivity contribution in [1.29, 1.82) is 0 Å². The lowest BCUT2D eigenvalue weighted by Gasteiger charge is -2.52. The first-order valence-corrected chi connectivity index (χ1v) is 11.5. The van der Waals surface area contributed by atoms with Crippen molar-refractivity contribution in [2.24, 2.45) is 34.0 Å². The summed E-state index contributed by atoms with van der Waals surface area (Å²) in [5.41, 5.74) is 2.03. The normalized spacial score (nSPS) is 50.7. The predicted octanol–water partition coefficient (Wildman–Crippen LogP) is 6.90. The molecule has 142 valence electrons. The number of hydrogen-bond acceptors (Lipinski definition) is 1. The topological polar surface area (TPSA) is 13.1 Å². The molecule has 2 heterocycles. The van der Waals surface area contributed by atoms with Crippen molar-refractivity contribution in [3.05, 3.63) is 23.7 Å². The highest BCUT2D eigenvalue weighted by Gasteiger charge is 2.66. The molecular weight excluding hydrogens is 316 g/mol. The molecule has 1 heteroatoms. The average Bonchev–Trinajstić information content (AvgIpc) is 3.40. The van der Waals surface area contributed by atoms with Gasteiger partial charge >= 0.3 is 0 Å². The van der Waals surface area contributed by atoms with Gasteiger partial charge in [-0.25, -0.2) is 0 Å². The molecule has 1 nitrogen and oxygen atoms in total. The van der Waals surface area contributed by atoms with Gasteiger partial charge in [-0.1, -0.05) is 33.6 Å². The number of fused-ring (bicyclic) bond motifs is 6. The summed E-state index contributed by atoms with van der Waals surface area (Å²) in [5, 5.41) is 0. The summed E-state index contributed by atoms with van der Waals surface area (Å²) < 4.78 is 6.20. The summed E-state index contributed by atoms with van der Waals surface area (Å²) in [4.78, 5) is 0. The monoisotopic (exact) mass is 352 g/mol. The minimum absolute atomic E-state index is 0.350. The Hall–Kier alpha value is -0.720. The Morgan fingerprint density at radius 3 is 2.58 bits per heavy atom. The van der Waals surface area contributed by atoms with E-state index < -0.39 is 0 Å². The Morgan fingerprint density at radius 2 is 1.92 bits per heavy atom. The van der Waals surface area contributed by atoms with Gasteiger partial charge in [0.05, 0.1) is 0 Å². The van der Waals surface area contributed by atoms with E-state index in [0.717, 1.165) is 17.8 Å². The second kappa shape index (κ2) is 4.81. The van der Waals surface area contributed by atoms with Crippen molar-refractivity contribution in [2.45, 2.75) is 96.8 Å². The van der Waals surface area contributed by atoms with Crippen LogP contribution in [0, 0.1) is 34.0 Å². The Morgan fingerprint density at radius 1 is 1.04 bits per heavy atom. The minimum Gasteiger partial charge on any atom is -0.465 e. The summed E-state index contributed by atoms with van der Waals surface area (Å²) in [7, 11) is 0. The van der Waals surface area contributed by atoms with Gasteiger partial charge in [0.2, 0.25) is 0 Å². The lowest BCUT2D eigenvalue weighted by Crippen LogP contribution is -2.47. The van der Waals surface area contributed by atoms with Crippen LogP contribution in [0.25, 0.3) is 0 Å². The van der Waals surface area contributed by atoms with Gasteiger partial charge in [-0.2, -0.15) is 0 Å². The highest BCUT2D eigenvalue weighted by molar-refractivity contribution is 5.33. The molecule has 0 N–H and O–H groups in total. The van der Waals surface area contributed by atoms with Gasteiger partial charge in [0.25, 0.3) is 0 Å². The molecule has 4 fully saturated rings. The lowest BCUT2D eigenvalue weighted by atomic mass is 9.52. The van der Waals surface area contributed by atoms with Crippen molar-refractivity contribution in [3.8, 4) is 0 Å². The van der Waals surface area contributed by atoms with Crippen LogP contribution in [-0.4, -0.2) is 0 Å². The van der Waals surface area contributed by atoms with E-state index in [4.69, 9.17) is 4.42 Å². The fraction of sp³-hybridized carbons (Fsp3) is 0.840. The van der Waals surface area contributed by atoms with Crippen LogP contribution in [0.2, 0.25) is 0 Å². The zero-order chi connectivity index (χ0) is 17.8. The van der Waals surface area contributed by atoms with E-state index in [-0.39, 0.29) is 0 Å². The minimum atomic E-state index is 0.350. The number of rotatable bonds is 2. The van der Waals surface area contributed by atoms with Crippen LogP contribution in [0.4, 0.5) is 0 Å². The third-order valence-corrected chi connectivity index (χ3v) is 10.8. The van der Waals surface area contributed by atoms with Gasteiger partial charge in [-0.05, 0) is 97.5 Å². The molecule has 5 aliphatic rings. The molecule has 0 amide bonds. The molecule has 1 aromatic heterocycles. The molecule has 6 unspecified atom stereocenters. The molecule has 2 spiro atoms. The molecule has 26 heavy (non-hydrogen) atoms. The second-order valence-corrected chi connectivity index (χ2v) is 11.9. The van der Waals surface area contributed by atoms with Crippen LogP contribution in [0.3, 0.4) is 0 Å². The summed E-state index contributed by atoms with van der Waals surface area (Å²) in [6.07, 6.45) is 16.0. The maximum absolute atomic E-state index is 6.20. The van der Waals surface area contributed by atoms with Crippen molar-refractivity contribution in [3.63, 3.8) is 0 Å². The standard InChI is InChI=1S/C25H36O/c1-22(2)12-9-19(25(22)14-17-5-6-18(25)13-17)15-23(3)10-4-11-24(23)16-20-7-8-21(24)26-20/h7-8,17-19H,4-6,9-16H2,1-3H3. The molecular formula is C25H36O. The van der Waals surface area contributed by atoms with Crippen LogP contribution in [0.5, 0.6) is 0 Å². The lowest BCUT2D eigenvalue weighted by molar-refractivity contribution is -0.0276. The van der Waals surface area contributed by atoms with Gasteiger partial charge in [-0.3, -0.25) is 0 Å². The molecule has 0 saturated heterocycles. The van der Waals surface area contributed by atoms with Crippen molar-refractivity contribution in [1.82, 2.24) is 0 Å². The van der Waals surface area contributed by atoms with E-state index in [1.54, 1.807) is 12.8 Å². The maximum atomic E-state index is 6.20. The van der Waals surface area contributed by atoms with Gasteiger partial charge in [-0.15, -0.1) is 0 Å². The Balaban J connectivity index is 1.36. The Labute approximate surface area is 159 Å². The van der Waals surface area contributed by atoms with Crippen molar-refractivity contribution >= 4 is 0 Å². The fourth-order valence-electron chi connectivity index (χ4n) is 9.56. The van der Waals surface area contributed by atoms with Crippen LogP contribution in [-0.2, 0) is 11.8 Å². The molecule has 1 aromatic rings. The molecule has 4 bridgehead atoms. The van der Waals surface area contributed by atoms with E-state index in [2.05, 4.69) is 32.9 Å². The zero-order valence-electron chi connectivity index (χ0n) is 17.1. The molecule has 0 aromatic carbocycles. The van der Waals surface area contributed by atoms with Crippen LogP contribution < -0.4 is 0 Å². The van der Waals surface area contributed by atoms with Gasteiger partial charge in [0.15, 0.2) is 0 Å². The van der Waals surface area contributed by atoms with E-state index >= 15 is 0 Å². The highest BCUT2D eigenvalue weighted by Crippen LogP contribution is 2.74. The quantitative estimate of drug-likeness (QED) is 0.564. The van der Waals surface area contributed by atoms with Crippen LogP contribution in [0.1, 0.15) is 96.5 Å². The first kappa shape index (κ1) is 16.3. The van der Waals surface area contributed by atoms with E-state index in [1.807, 2.05) is 0 Å². The number of furan rings is 1. The molecule has 6 atom stereocenters. The molecule has 0 radical (unpaired) electrons. The van der Waals surface area contributed by atoms with E-state index in [1.165, 1.54) is 69.3 Å². The fourth-order valence-corrected chi connectivity index (χ4v) is 9.56. The first-order valence-electron chi connectivity index (χ1n) is 11.5. The molecule has 4 aliphatic carbocycles. The average molecular weight is 353 g/mol. The zero-order valence-corrected chi connectivity index (χ0v) is 17.1.